The third-order valence-corrected chi connectivity index (χ3v) is 4.06. The van der Waals surface area contributed by atoms with Crippen LogP contribution >= 0.6 is 0 Å². The SMILES string of the molecule is CC.CC.CN1C[C@@H]2CN(Cc3ccc(F)cc3)C[C@@H]2C1. The van der Waals surface area contributed by atoms with Crippen LogP contribution < -0.4 is 0 Å². The van der Waals surface area contributed by atoms with Crippen LogP contribution in [0.5, 0.6) is 0 Å². The molecule has 2 aliphatic heterocycles. The lowest BCUT2D eigenvalue weighted by atomic mass is 10.0. The van der Waals surface area contributed by atoms with E-state index in [0.29, 0.717) is 0 Å². The van der Waals surface area contributed by atoms with Gasteiger partial charge in [-0.15, -0.1) is 0 Å². The largest absolute Gasteiger partial charge is 0.306 e. The smallest absolute Gasteiger partial charge is 0.123 e. The Labute approximate surface area is 129 Å². The van der Waals surface area contributed by atoms with Crippen molar-refractivity contribution in [2.24, 2.45) is 11.8 Å². The van der Waals surface area contributed by atoms with Gasteiger partial charge in [-0.1, -0.05) is 39.8 Å². The first-order valence-electron chi connectivity index (χ1n) is 8.36. The molecule has 0 aromatic heterocycles. The number of halogens is 1. The van der Waals surface area contributed by atoms with E-state index in [9.17, 15) is 4.39 Å². The molecule has 120 valence electrons. The van der Waals surface area contributed by atoms with Gasteiger partial charge in [-0.25, -0.2) is 4.39 Å². The first-order chi connectivity index (χ1) is 10.2. The van der Waals surface area contributed by atoms with Crippen molar-refractivity contribution in [3.05, 3.63) is 35.6 Å². The van der Waals surface area contributed by atoms with Crippen LogP contribution in [0, 0.1) is 17.7 Å². The highest BCUT2D eigenvalue weighted by Crippen LogP contribution is 2.30. The molecule has 2 saturated heterocycles. The molecule has 3 heteroatoms. The lowest BCUT2D eigenvalue weighted by molar-refractivity contribution is 0.272. The summed E-state index contributed by atoms with van der Waals surface area (Å²) in [6, 6.07) is 6.91. The van der Waals surface area contributed by atoms with Crippen molar-refractivity contribution < 1.29 is 4.39 Å². The highest BCUT2D eigenvalue weighted by molar-refractivity contribution is 5.16. The lowest BCUT2D eigenvalue weighted by Crippen LogP contribution is -2.26. The summed E-state index contributed by atoms with van der Waals surface area (Å²) in [7, 11) is 2.21. The monoisotopic (exact) mass is 294 g/mol. The van der Waals surface area contributed by atoms with Gasteiger partial charge in [0.25, 0.3) is 0 Å². The number of likely N-dealkylation sites (tertiary alicyclic amines) is 2. The maximum Gasteiger partial charge on any atom is 0.123 e. The number of rotatable bonds is 2. The molecule has 2 fully saturated rings. The van der Waals surface area contributed by atoms with Gasteiger partial charge in [-0.2, -0.15) is 0 Å². The Balaban J connectivity index is 0.000000510. The molecule has 0 aliphatic carbocycles. The third kappa shape index (κ3) is 5.08. The van der Waals surface area contributed by atoms with Crippen LogP contribution in [0.25, 0.3) is 0 Å². The second kappa shape index (κ2) is 9.16. The van der Waals surface area contributed by atoms with Gasteiger partial charge in [0, 0.05) is 32.7 Å². The number of hydrogen-bond donors (Lipinski definition) is 0. The number of hydrogen-bond acceptors (Lipinski definition) is 2. The summed E-state index contributed by atoms with van der Waals surface area (Å²) in [4.78, 5) is 4.94. The van der Waals surface area contributed by atoms with Gasteiger partial charge < -0.3 is 4.90 Å². The molecular formula is C18H31FN2. The molecule has 2 atom stereocenters. The van der Waals surface area contributed by atoms with Crippen LogP contribution in [0.1, 0.15) is 33.3 Å². The molecule has 1 aromatic carbocycles. The van der Waals surface area contributed by atoms with E-state index in [0.717, 1.165) is 18.4 Å². The van der Waals surface area contributed by atoms with Crippen molar-refractivity contribution in [3.63, 3.8) is 0 Å². The minimum Gasteiger partial charge on any atom is -0.306 e. The maximum absolute atomic E-state index is 12.8. The Bertz CT molecular complexity index is 377. The average molecular weight is 294 g/mol. The van der Waals surface area contributed by atoms with E-state index in [2.05, 4.69) is 16.8 Å². The minimum atomic E-state index is -0.145. The Hall–Kier alpha value is -0.930. The zero-order valence-corrected chi connectivity index (χ0v) is 14.3. The number of fused-ring (bicyclic) bond motifs is 1. The fourth-order valence-electron chi connectivity index (χ4n) is 3.30. The minimum absolute atomic E-state index is 0.145. The second-order valence-corrected chi connectivity index (χ2v) is 5.56. The summed E-state index contributed by atoms with van der Waals surface area (Å²) in [5, 5.41) is 0. The highest BCUT2D eigenvalue weighted by Gasteiger charge is 2.38. The molecule has 1 aromatic rings. The van der Waals surface area contributed by atoms with E-state index in [1.54, 1.807) is 12.1 Å². The van der Waals surface area contributed by atoms with Gasteiger partial charge in [0.1, 0.15) is 5.82 Å². The predicted molar refractivity (Wildman–Crippen MR) is 88.9 cm³/mol. The van der Waals surface area contributed by atoms with E-state index in [1.165, 1.54) is 31.7 Å². The molecule has 0 N–H and O–H groups in total. The molecular weight excluding hydrogens is 263 g/mol. The highest BCUT2D eigenvalue weighted by atomic mass is 19.1. The summed E-state index contributed by atoms with van der Waals surface area (Å²) in [6.45, 7) is 13.9. The fourth-order valence-corrected chi connectivity index (χ4v) is 3.30. The zero-order chi connectivity index (χ0) is 15.8. The van der Waals surface area contributed by atoms with E-state index >= 15 is 0 Å². The van der Waals surface area contributed by atoms with Crippen molar-refractivity contribution in [1.29, 1.82) is 0 Å². The summed E-state index contributed by atoms with van der Waals surface area (Å²) >= 11 is 0. The molecule has 3 rings (SSSR count). The third-order valence-electron chi connectivity index (χ3n) is 4.06. The van der Waals surface area contributed by atoms with Crippen molar-refractivity contribution >= 4 is 0 Å². The second-order valence-electron chi connectivity index (χ2n) is 5.56. The average Bonchev–Trinajstić information content (AvgIpc) is 3.02. The van der Waals surface area contributed by atoms with Crippen molar-refractivity contribution in [2.45, 2.75) is 34.2 Å². The van der Waals surface area contributed by atoms with E-state index in [4.69, 9.17) is 0 Å². The van der Waals surface area contributed by atoms with Crippen molar-refractivity contribution in [3.8, 4) is 0 Å². The molecule has 2 heterocycles. The maximum atomic E-state index is 12.8. The van der Waals surface area contributed by atoms with Crippen LogP contribution in [0.15, 0.2) is 24.3 Å². The van der Waals surface area contributed by atoms with Crippen molar-refractivity contribution in [1.82, 2.24) is 9.80 Å². The Morgan fingerprint density at radius 1 is 0.905 bits per heavy atom. The van der Waals surface area contributed by atoms with E-state index in [-0.39, 0.29) is 5.82 Å². The van der Waals surface area contributed by atoms with Crippen LogP contribution in [0.2, 0.25) is 0 Å². The summed E-state index contributed by atoms with van der Waals surface area (Å²) < 4.78 is 12.8. The number of benzene rings is 1. The Kier molecular flexibility index (Phi) is 7.91. The van der Waals surface area contributed by atoms with Gasteiger partial charge in [0.05, 0.1) is 0 Å². The van der Waals surface area contributed by atoms with Crippen LogP contribution in [-0.4, -0.2) is 43.0 Å². The molecule has 0 saturated carbocycles. The predicted octanol–water partition coefficient (Wildman–Crippen LogP) is 3.87. The van der Waals surface area contributed by atoms with Gasteiger partial charge in [-0.05, 0) is 36.6 Å². The Morgan fingerprint density at radius 2 is 1.38 bits per heavy atom. The molecule has 0 unspecified atom stereocenters. The van der Waals surface area contributed by atoms with Crippen LogP contribution in [0.3, 0.4) is 0 Å². The fraction of sp³-hybridized carbons (Fsp3) is 0.667. The standard InChI is InChI=1S/C14H19FN2.2C2H6/c1-16-7-12-9-17(10-13(12)8-16)6-11-2-4-14(15)5-3-11;2*1-2/h2-5,12-13H,6-10H2,1H3;2*1-2H3/t12-,13+;;. The molecule has 0 bridgehead atoms. The number of nitrogens with zero attached hydrogens (tertiary/aromatic N) is 2. The summed E-state index contributed by atoms with van der Waals surface area (Å²) in [6.07, 6.45) is 0. The molecule has 2 aliphatic rings. The molecule has 21 heavy (non-hydrogen) atoms. The molecule has 0 radical (unpaired) electrons. The zero-order valence-electron chi connectivity index (χ0n) is 14.3. The topological polar surface area (TPSA) is 6.48 Å². The molecule has 2 nitrogen and oxygen atoms in total. The quantitative estimate of drug-likeness (QED) is 0.817. The molecule has 0 spiro atoms. The van der Waals surface area contributed by atoms with Gasteiger partial charge >= 0.3 is 0 Å². The first-order valence-corrected chi connectivity index (χ1v) is 8.36. The van der Waals surface area contributed by atoms with Gasteiger partial charge in [0.15, 0.2) is 0 Å². The van der Waals surface area contributed by atoms with E-state index < -0.39 is 0 Å². The van der Waals surface area contributed by atoms with Gasteiger partial charge in [-0.3, -0.25) is 4.90 Å². The van der Waals surface area contributed by atoms with Crippen LogP contribution in [-0.2, 0) is 6.54 Å². The van der Waals surface area contributed by atoms with Gasteiger partial charge in [0.2, 0.25) is 0 Å². The molecule has 0 amide bonds. The van der Waals surface area contributed by atoms with Crippen LogP contribution in [0.4, 0.5) is 4.39 Å². The summed E-state index contributed by atoms with van der Waals surface area (Å²) in [5.74, 6) is 1.55. The van der Waals surface area contributed by atoms with E-state index in [1.807, 2.05) is 39.8 Å². The lowest BCUT2D eigenvalue weighted by Gasteiger charge is -2.18. The summed E-state index contributed by atoms with van der Waals surface area (Å²) in [5.41, 5.74) is 1.22. The normalized spacial score (nSPS) is 24.7. The first kappa shape index (κ1) is 18.1. The Morgan fingerprint density at radius 3 is 1.86 bits per heavy atom. The van der Waals surface area contributed by atoms with Crippen molar-refractivity contribution in [2.75, 3.05) is 33.2 Å².